The highest BCUT2D eigenvalue weighted by molar-refractivity contribution is 6.42. The van der Waals surface area contributed by atoms with Crippen LogP contribution in [0.5, 0.6) is 0 Å². The maximum absolute atomic E-state index is 13.4. The van der Waals surface area contributed by atoms with Crippen molar-refractivity contribution in [2.75, 3.05) is 47.0 Å². The molecule has 2 aliphatic rings. The normalized spacial score (nSPS) is 21.1. The van der Waals surface area contributed by atoms with Gasteiger partial charge < -0.3 is 19.7 Å². The van der Waals surface area contributed by atoms with E-state index in [1.807, 2.05) is 19.2 Å². The van der Waals surface area contributed by atoms with Crippen LogP contribution in [0.15, 0.2) is 18.2 Å². The fraction of sp³-hybridized carbons (Fsp3) is 0.741. The Labute approximate surface area is 215 Å². The number of rotatable bonds is 13. The summed E-state index contributed by atoms with van der Waals surface area (Å²) in [5.41, 5.74) is 0.917. The highest BCUT2D eigenvalue weighted by atomic mass is 35.5. The molecule has 2 fully saturated rings. The monoisotopic (exact) mass is 512 g/mol. The first-order valence-corrected chi connectivity index (χ1v) is 13.8. The molecule has 1 aromatic carbocycles. The minimum atomic E-state index is -0.190. The first kappa shape index (κ1) is 27.7. The molecule has 3 atom stereocenters. The third-order valence-corrected chi connectivity index (χ3v) is 8.25. The second-order valence-electron chi connectivity index (χ2n) is 10.0. The summed E-state index contributed by atoms with van der Waals surface area (Å²) in [6.07, 6.45) is 9.72. The third kappa shape index (κ3) is 8.09. The minimum absolute atomic E-state index is 0.189. The Balaban J connectivity index is 1.66. The Morgan fingerprint density at radius 3 is 2.71 bits per heavy atom. The first-order valence-electron chi connectivity index (χ1n) is 13.0. The van der Waals surface area contributed by atoms with Crippen LogP contribution < -0.4 is 5.32 Å². The molecule has 0 radical (unpaired) electrons. The lowest BCUT2D eigenvalue weighted by Crippen LogP contribution is -2.43. The number of ether oxygens (including phenoxy) is 2. The molecule has 3 rings (SSSR count). The maximum Gasteiger partial charge on any atom is 0.222 e. The average molecular weight is 514 g/mol. The fourth-order valence-electron chi connectivity index (χ4n) is 5.74. The van der Waals surface area contributed by atoms with Gasteiger partial charge in [-0.15, -0.1) is 0 Å². The summed E-state index contributed by atoms with van der Waals surface area (Å²) in [5.74, 6) is 1.66. The molecule has 1 amide bonds. The van der Waals surface area contributed by atoms with Crippen molar-refractivity contribution in [1.82, 2.24) is 10.2 Å². The molecule has 5 nitrogen and oxygen atoms in total. The molecule has 1 saturated carbocycles. The van der Waals surface area contributed by atoms with Crippen LogP contribution in [0.1, 0.15) is 69.5 Å². The lowest BCUT2D eigenvalue weighted by atomic mass is 9.87. The number of halogens is 2. The predicted molar refractivity (Wildman–Crippen MR) is 140 cm³/mol. The van der Waals surface area contributed by atoms with Gasteiger partial charge in [-0.25, -0.2) is 0 Å². The molecule has 1 saturated heterocycles. The van der Waals surface area contributed by atoms with Crippen molar-refractivity contribution in [3.05, 3.63) is 33.8 Å². The molecule has 1 heterocycles. The van der Waals surface area contributed by atoms with Crippen LogP contribution >= 0.6 is 23.2 Å². The van der Waals surface area contributed by atoms with Crippen molar-refractivity contribution in [3.63, 3.8) is 0 Å². The van der Waals surface area contributed by atoms with Crippen LogP contribution in [0.25, 0.3) is 0 Å². The van der Waals surface area contributed by atoms with Gasteiger partial charge in [0, 0.05) is 51.3 Å². The summed E-state index contributed by atoms with van der Waals surface area (Å²) >= 11 is 12.9. The van der Waals surface area contributed by atoms with Gasteiger partial charge in [0.2, 0.25) is 5.91 Å². The number of nitrogens with one attached hydrogen (secondary N) is 1. The van der Waals surface area contributed by atoms with Crippen molar-refractivity contribution in [2.24, 2.45) is 17.8 Å². The molecule has 1 aliphatic carbocycles. The van der Waals surface area contributed by atoms with E-state index in [-0.39, 0.29) is 17.9 Å². The molecule has 1 aromatic rings. The van der Waals surface area contributed by atoms with E-state index in [2.05, 4.69) is 10.2 Å². The van der Waals surface area contributed by atoms with Crippen LogP contribution in [-0.2, 0) is 14.3 Å². The Morgan fingerprint density at radius 2 is 1.97 bits per heavy atom. The molecular weight excluding hydrogens is 471 g/mol. The van der Waals surface area contributed by atoms with E-state index in [0.717, 1.165) is 50.3 Å². The van der Waals surface area contributed by atoms with E-state index in [1.165, 1.54) is 25.7 Å². The van der Waals surface area contributed by atoms with Crippen molar-refractivity contribution in [2.45, 2.75) is 63.9 Å². The van der Waals surface area contributed by atoms with E-state index < -0.39 is 0 Å². The van der Waals surface area contributed by atoms with Gasteiger partial charge in [-0.05, 0) is 57.2 Å². The molecule has 1 aliphatic heterocycles. The zero-order valence-electron chi connectivity index (χ0n) is 20.9. The van der Waals surface area contributed by atoms with Crippen molar-refractivity contribution < 1.29 is 14.3 Å². The van der Waals surface area contributed by atoms with Gasteiger partial charge in [-0.2, -0.15) is 0 Å². The van der Waals surface area contributed by atoms with Gasteiger partial charge in [0.05, 0.1) is 16.1 Å². The molecule has 34 heavy (non-hydrogen) atoms. The van der Waals surface area contributed by atoms with Crippen molar-refractivity contribution >= 4 is 29.1 Å². The zero-order valence-corrected chi connectivity index (χ0v) is 22.4. The number of likely N-dealkylation sites (tertiary alicyclic amines) is 1. The van der Waals surface area contributed by atoms with E-state index in [9.17, 15) is 4.79 Å². The number of amides is 1. The molecule has 192 valence electrons. The highest BCUT2D eigenvalue weighted by Gasteiger charge is 2.33. The fourth-order valence-corrected chi connectivity index (χ4v) is 6.15. The van der Waals surface area contributed by atoms with E-state index in [4.69, 9.17) is 32.7 Å². The maximum atomic E-state index is 13.4. The molecule has 0 spiro atoms. The van der Waals surface area contributed by atoms with Gasteiger partial charge in [0.15, 0.2) is 0 Å². The number of hydrogen-bond acceptors (Lipinski definition) is 4. The van der Waals surface area contributed by atoms with Gasteiger partial charge in [0.1, 0.15) is 0 Å². The molecule has 7 heteroatoms. The summed E-state index contributed by atoms with van der Waals surface area (Å²) < 4.78 is 11.6. The number of piperidine rings is 1. The van der Waals surface area contributed by atoms with E-state index >= 15 is 0 Å². The van der Waals surface area contributed by atoms with E-state index in [1.54, 1.807) is 13.2 Å². The average Bonchev–Trinajstić information content (AvgIpc) is 3.35. The smallest absolute Gasteiger partial charge is 0.222 e. The van der Waals surface area contributed by atoms with Crippen molar-refractivity contribution in [3.8, 4) is 0 Å². The minimum Gasteiger partial charge on any atom is -0.385 e. The third-order valence-electron chi connectivity index (χ3n) is 7.41. The summed E-state index contributed by atoms with van der Waals surface area (Å²) in [6.45, 7) is 3.66. The second kappa shape index (κ2) is 14.6. The Morgan fingerprint density at radius 1 is 1.18 bits per heavy atom. The Hall–Kier alpha value is -0.850. The van der Waals surface area contributed by atoms with Crippen molar-refractivity contribution in [1.29, 1.82) is 0 Å². The molecule has 1 N–H and O–H groups in total. The highest BCUT2D eigenvalue weighted by Crippen LogP contribution is 2.39. The number of methoxy groups -OCH3 is 1. The predicted octanol–water partition coefficient (Wildman–Crippen LogP) is 6.13. The number of nitrogens with zero attached hydrogens (tertiary/aromatic N) is 1. The molecular formula is C27H42Cl2N2O3. The lowest BCUT2D eigenvalue weighted by Gasteiger charge is -2.38. The summed E-state index contributed by atoms with van der Waals surface area (Å²) in [7, 11) is 3.69. The topological polar surface area (TPSA) is 50.8 Å². The Bertz CT molecular complexity index is 757. The SMILES string of the molecule is CNC[C@@H](CC(=O)N1CCC[C@@H]([C@@H](OCCCOC)c2cccc(Cl)c2Cl)C1)CC1CCCC1. The van der Waals surface area contributed by atoms with Gasteiger partial charge in [-0.1, -0.05) is 61.0 Å². The largest absolute Gasteiger partial charge is 0.385 e. The zero-order chi connectivity index (χ0) is 24.3. The standard InChI is InChI=1S/C27H42Cl2N2O3/c1-30-18-21(16-20-8-3-4-9-20)17-25(32)31-13-6-10-22(19-31)27(34-15-7-14-33-2)23-11-5-12-24(28)26(23)29/h5,11-12,20-22,27,30H,3-4,6-10,13-19H2,1-2H3/t21-,22-,27-/m1/s1. The first-order chi connectivity index (χ1) is 16.5. The number of carbonyl (C=O) groups excluding carboxylic acids is 1. The van der Waals surface area contributed by atoms with Crippen LogP contribution in [0.4, 0.5) is 0 Å². The summed E-state index contributed by atoms with van der Waals surface area (Å²) in [6, 6.07) is 5.73. The van der Waals surface area contributed by atoms with Crippen LogP contribution in [0.3, 0.4) is 0 Å². The van der Waals surface area contributed by atoms with Crippen LogP contribution in [-0.4, -0.2) is 57.8 Å². The number of benzene rings is 1. The second-order valence-corrected chi connectivity index (χ2v) is 10.8. The number of hydrogen-bond donors (Lipinski definition) is 1. The van der Waals surface area contributed by atoms with Crippen LogP contribution in [0, 0.1) is 17.8 Å². The van der Waals surface area contributed by atoms with Gasteiger partial charge in [-0.3, -0.25) is 4.79 Å². The molecule has 0 bridgehead atoms. The quantitative estimate of drug-likeness (QED) is 0.323. The van der Waals surface area contributed by atoms with Gasteiger partial charge >= 0.3 is 0 Å². The molecule has 0 unspecified atom stereocenters. The number of carbonyl (C=O) groups is 1. The summed E-state index contributed by atoms with van der Waals surface area (Å²) in [5, 5.41) is 4.40. The van der Waals surface area contributed by atoms with Crippen LogP contribution in [0.2, 0.25) is 10.0 Å². The lowest BCUT2D eigenvalue weighted by molar-refractivity contribution is -0.135. The Kier molecular flexibility index (Phi) is 11.9. The molecule has 0 aromatic heterocycles. The van der Waals surface area contributed by atoms with E-state index in [0.29, 0.717) is 42.1 Å². The summed E-state index contributed by atoms with van der Waals surface area (Å²) in [4.78, 5) is 15.4. The van der Waals surface area contributed by atoms with Gasteiger partial charge in [0.25, 0.3) is 0 Å².